The van der Waals surface area contributed by atoms with E-state index >= 15 is 0 Å². The zero-order valence-electron chi connectivity index (χ0n) is 7.52. The SMILES string of the molecule is COCCN1CCC(C(=O)O)C1=O. The molecular weight excluding hydrogens is 174 g/mol. The van der Waals surface area contributed by atoms with Gasteiger partial charge in [0.15, 0.2) is 0 Å². The van der Waals surface area contributed by atoms with E-state index < -0.39 is 11.9 Å². The highest BCUT2D eigenvalue weighted by molar-refractivity contribution is 5.98. The minimum Gasteiger partial charge on any atom is -0.481 e. The molecule has 1 saturated heterocycles. The topological polar surface area (TPSA) is 66.8 Å². The van der Waals surface area contributed by atoms with Gasteiger partial charge in [-0.05, 0) is 6.42 Å². The Morgan fingerprint density at radius 3 is 2.92 bits per heavy atom. The van der Waals surface area contributed by atoms with Crippen LogP contribution in [0.3, 0.4) is 0 Å². The number of ether oxygens (including phenoxy) is 1. The van der Waals surface area contributed by atoms with Crippen molar-refractivity contribution in [2.45, 2.75) is 6.42 Å². The van der Waals surface area contributed by atoms with Gasteiger partial charge in [-0.15, -0.1) is 0 Å². The van der Waals surface area contributed by atoms with Crippen LogP contribution in [0.5, 0.6) is 0 Å². The Bertz CT molecular complexity index is 216. The summed E-state index contributed by atoms with van der Waals surface area (Å²) in [5.41, 5.74) is 0. The summed E-state index contributed by atoms with van der Waals surface area (Å²) < 4.78 is 4.81. The smallest absolute Gasteiger partial charge is 0.316 e. The molecule has 0 saturated carbocycles. The third-order valence-electron chi connectivity index (χ3n) is 2.16. The monoisotopic (exact) mass is 187 g/mol. The van der Waals surface area contributed by atoms with Crippen molar-refractivity contribution in [3.63, 3.8) is 0 Å². The van der Waals surface area contributed by atoms with E-state index in [0.29, 0.717) is 26.1 Å². The van der Waals surface area contributed by atoms with Gasteiger partial charge in [0.2, 0.25) is 5.91 Å². The highest BCUT2D eigenvalue weighted by Crippen LogP contribution is 2.17. The van der Waals surface area contributed by atoms with Gasteiger partial charge in [0.05, 0.1) is 6.61 Å². The van der Waals surface area contributed by atoms with Crippen LogP contribution in [-0.2, 0) is 14.3 Å². The van der Waals surface area contributed by atoms with Crippen LogP contribution >= 0.6 is 0 Å². The van der Waals surface area contributed by atoms with Crippen LogP contribution in [0.15, 0.2) is 0 Å². The molecule has 1 rings (SSSR count). The Balaban J connectivity index is 2.45. The van der Waals surface area contributed by atoms with Gasteiger partial charge >= 0.3 is 5.97 Å². The quantitative estimate of drug-likeness (QED) is 0.606. The van der Waals surface area contributed by atoms with E-state index in [1.54, 1.807) is 7.11 Å². The average molecular weight is 187 g/mol. The van der Waals surface area contributed by atoms with Crippen molar-refractivity contribution in [1.29, 1.82) is 0 Å². The fourth-order valence-corrected chi connectivity index (χ4v) is 1.39. The Labute approximate surface area is 76.3 Å². The summed E-state index contributed by atoms with van der Waals surface area (Å²) in [6.07, 6.45) is 0.415. The molecule has 1 unspecified atom stereocenters. The lowest BCUT2D eigenvalue weighted by Gasteiger charge is -2.14. The number of nitrogens with zero attached hydrogens (tertiary/aromatic N) is 1. The Morgan fingerprint density at radius 1 is 1.77 bits per heavy atom. The number of carbonyl (C=O) groups is 2. The first-order valence-corrected chi connectivity index (χ1v) is 4.17. The van der Waals surface area contributed by atoms with Gasteiger partial charge in [0.1, 0.15) is 5.92 Å². The lowest BCUT2D eigenvalue weighted by Crippen LogP contribution is -2.32. The Hall–Kier alpha value is -1.10. The fourth-order valence-electron chi connectivity index (χ4n) is 1.39. The first-order chi connectivity index (χ1) is 6.16. The number of aliphatic carboxylic acids is 1. The largest absolute Gasteiger partial charge is 0.481 e. The molecule has 1 aliphatic heterocycles. The number of methoxy groups -OCH3 is 1. The molecule has 5 nitrogen and oxygen atoms in total. The highest BCUT2D eigenvalue weighted by Gasteiger charge is 2.36. The van der Waals surface area contributed by atoms with Crippen LogP contribution in [0.2, 0.25) is 0 Å². The van der Waals surface area contributed by atoms with Crippen LogP contribution in [0.4, 0.5) is 0 Å². The second-order valence-electron chi connectivity index (χ2n) is 3.00. The zero-order valence-corrected chi connectivity index (χ0v) is 7.52. The maximum Gasteiger partial charge on any atom is 0.316 e. The molecule has 5 heteroatoms. The first kappa shape index (κ1) is 9.98. The number of rotatable bonds is 4. The number of carboxylic acids is 1. The van der Waals surface area contributed by atoms with Gasteiger partial charge in [0, 0.05) is 20.2 Å². The minimum absolute atomic E-state index is 0.287. The van der Waals surface area contributed by atoms with E-state index in [4.69, 9.17) is 9.84 Å². The average Bonchev–Trinajstić information content (AvgIpc) is 2.43. The lowest BCUT2D eigenvalue weighted by molar-refractivity contribution is -0.147. The Kier molecular flexibility index (Phi) is 3.25. The van der Waals surface area contributed by atoms with E-state index in [1.165, 1.54) is 4.90 Å². The summed E-state index contributed by atoms with van der Waals surface area (Å²) in [4.78, 5) is 23.4. The van der Waals surface area contributed by atoms with E-state index in [2.05, 4.69) is 0 Å². The number of carbonyl (C=O) groups excluding carboxylic acids is 1. The molecule has 1 aliphatic rings. The Morgan fingerprint density at radius 2 is 2.46 bits per heavy atom. The molecule has 1 heterocycles. The number of hydrogen-bond donors (Lipinski definition) is 1. The van der Waals surface area contributed by atoms with Crippen molar-refractivity contribution < 1.29 is 19.4 Å². The standard InChI is InChI=1S/C8H13NO4/c1-13-5-4-9-3-2-6(7(9)10)8(11)12/h6H,2-5H2,1H3,(H,11,12). The maximum atomic E-state index is 11.3. The molecule has 74 valence electrons. The fraction of sp³-hybridized carbons (Fsp3) is 0.750. The van der Waals surface area contributed by atoms with Crippen molar-refractivity contribution in [3.8, 4) is 0 Å². The van der Waals surface area contributed by atoms with E-state index in [-0.39, 0.29) is 5.91 Å². The molecule has 0 aromatic carbocycles. The first-order valence-electron chi connectivity index (χ1n) is 4.17. The van der Waals surface area contributed by atoms with Crippen LogP contribution in [0.1, 0.15) is 6.42 Å². The van der Waals surface area contributed by atoms with E-state index in [9.17, 15) is 9.59 Å². The molecule has 1 amide bonds. The van der Waals surface area contributed by atoms with Gasteiger partial charge < -0.3 is 14.7 Å². The van der Waals surface area contributed by atoms with Gasteiger partial charge in [-0.25, -0.2) is 0 Å². The summed E-state index contributed by atoms with van der Waals surface area (Å²) in [5.74, 6) is -2.15. The van der Waals surface area contributed by atoms with Crippen molar-refractivity contribution in [2.24, 2.45) is 5.92 Å². The summed E-state index contributed by atoms with van der Waals surface area (Å²) >= 11 is 0. The van der Waals surface area contributed by atoms with E-state index in [0.717, 1.165) is 0 Å². The summed E-state index contributed by atoms with van der Waals surface area (Å²) in [6.45, 7) is 1.47. The summed E-state index contributed by atoms with van der Waals surface area (Å²) in [5, 5.41) is 8.65. The molecule has 0 bridgehead atoms. The van der Waals surface area contributed by atoms with E-state index in [1.807, 2.05) is 0 Å². The zero-order chi connectivity index (χ0) is 9.84. The lowest BCUT2D eigenvalue weighted by atomic mass is 10.1. The third-order valence-corrected chi connectivity index (χ3v) is 2.16. The second-order valence-corrected chi connectivity index (χ2v) is 3.00. The second kappa shape index (κ2) is 4.23. The number of amides is 1. The molecule has 0 spiro atoms. The maximum absolute atomic E-state index is 11.3. The number of likely N-dealkylation sites (tertiary alicyclic amines) is 1. The number of carboxylic acid groups (broad SMARTS) is 1. The minimum atomic E-state index is -1.02. The highest BCUT2D eigenvalue weighted by atomic mass is 16.5. The molecule has 0 radical (unpaired) electrons. The van der Waals surface area contributed by atoms with Crippen molar-refractivity contribution in [2.75, 3.05) is 26.8 Å². The van der Waals surface area contributed by atoms with Gasteiger partial charge in [0.25, 0.3) is 0 Å². The van der Waals surface area contributed by atoms with Crippen molar-refractivity contribution >= 4 is 11.9 Å². The van der Waals surface area contributed by atoms with Crippen LogP contribution in [0.25, 0.3) is 0 Å². The third kappa shape index (κ3) is 2.18. The predicted octanol–water partition coefficient (Wildman–Crippen LogP) is -0.434. The van der Waals surface area contributed by atoms with Gasteiger partial charge in [-0.2, -0.15) is 0 Å². The molecule has 0 aromatic rings. The van der Waals surface area contributed by atoms with Gasteiger partial charge in [-0.1, -0.05) is 0 Å². The number of hydrogen-bond acceptors (Lipinski definition) is 3. The van der Waals surface area contributed by atoms with Gasteiger partial charge in [-0.3, -0.25) is 9.59 Å². The molecule has 1 fully saturated rings. The summed E-state index contributed by atoms with van der Waals surface area (Å²) in [6, 6.07) is 0. The van der Waals surface area contributed by atoms with Crippen LogP contribution in [-0.4, -0.2) is 48.7 Å². The normalized spacial score (nSPS) is 22.4. The molecule has 1 N–H and O–H groups in total. The van der Waals surface area contributed by atoms with Crippen molar-refractivity contribution in [1.82, 2.24) is 4.90 Å². The molecular formula is C8H13NO4. The molecule has 0 aromatic heterocycles. The molecule has 13 heavy (non-hydrogen) atoms. The predicted molar refractivity (Wildman–Crippen MR) is 44.2 cm³/mol. The molecule has 1 atom stereocenters. The summed E-state index contributed by atoms with van der Waals surface area (Å²) in [7, 11) is 1.55. The van der Waals surface area contributed by atoms with Crippen LogP contribution in [0, 0.1) is 5.92 Å². The molecule has 0 aliphatic carbocycles. The van der Waals surface area contributed by atoms with Crippen LogP contribution < -0.4 is 0 Å². The van der Waals surface area contributed by atoms with Crippen molar-refractivity contribution in [3.05, 3.63) is 0 Å².